The summed E-state index contributed by atoms with van der Waals surface area (Å²) >= 11 is 9.37. The van der Waals surface area contributed by atoms with Gasteiger partial charge in [-0.3, -0.25) is 0 Å². The summed E-state index contributed by atoms with van der Waals surface area (Å²) in [5.74, 6) is 0.252. The summed E-state index contributed by atoms with van der Waals surface area (Å²) in [7, 11) is 0. The molecule has 20 heavy (non-hydrogen) atoms. The van der Waals surface area contributed by atoms with Crippen molar-refractivity contribution < 1.29 is 4.39 Å². The molecule has 0 fully saturated rings. The van der Waals surface area contributed by atoms with Gasteiger partial charge in [0, 0.05) is 16.1 Å². The number of nitrogens with one attached hydrogen (secondary N) is 1. The lowest BCUT2D eigenvalue weighted by atomic mass is 9.77. The summed E-state index contributed by atoms with van der Waals surface area (Å²) in [6.45, 7) is 11.7. The number of halogens is 3. The van der Waals surface area contributed by atoms with E-state index in [0.29, 0.717) is 21.0 Å². The quantitative estimate of drug-likeness (QED) is 0.635. The van der Waals surface area contributed by atoms with Crippen LogP contribution in [0.1, 0.15) is 52.6 Å². The Balaban J connectivity index is 3.05. The van der Waals surface area contributed by atoms with Crippen molar-refractivity contribution in [1.29, 1.82) is 0 Å². The SMILES string of the molecule is CCNC(CC(C)C(C)(C)C)c1cc(Cl)c(Br)cc1F. The largest absolute Gasteiger partial charge is 0.310 e. The van der Waals surface area contributed by atoms with Gasteiger partial charge in [0.2, 0.25) is 0 Å². The van der Waals surface area contributed by atoms with Crippen molar-refractivity contribution in [3.8, 4) is 0 Å². The Bertz CT molecular complexity index is 457. The standard InChI is InChI=1S/C16H24BrClFN/c1-6-20-15(7-10(2)16(3,4)5)11-8-13(18)12(17)9-14(11)19/h8-10,15,20H,6-7H2,1-5H3. The summed E-state index contributed by atoms with van der Waals surface area (Å²) in [6.07, 6.45) is 0.881. The first-order chi connectivity index (χ1) is 9.16. The molecule has 0 radical (unpaired) electrons. The molecule has 0 aliphatic rings. The molecule has 2 atom stereocenters. The maximum atomic E-state index is 14.2. The van der Waals surface area contributed by atoms with Crippen LogP contribution in [0.5, 0.6) is 0 Å². The molecule has 0 heterocycles. The minimum Gasteiger partial charge on any atom is -0.310 e. The van der Waals surface area contributed by atoms with Crippen LogP contribution in [-0.4, -0.2) is 6.54 Å². The smallest absolute Gasteiger partial charge is 0.129 e. The first-order valence-electron chi connectivity index (χ1n) is 7.04. The Kier molecular flexibility index (Phi) is 6.49. The molecule has 0 amide bonds. The molecule has 1 N–H and O–H groups in total. The second kappa shape index (κ2) is 7.24. The van der Waals surface area contributed by atoms with Crippen LogP contribution in [0.4, 0.5) is 4.39 Å². The van der Waals surface area contributed by atoms with Crippen LogP contribution in [0.25, 0.3) is 0 Å². The molecule has 0 spiro atoms. The first-order valence-corrected chi connectivity index (χ1v) is 8.21. The lowest BCUT2D eigenvalue weighted by Crippen LogP contribution is -2.28. The van der Waals surface area contributed by atoms with Gasteiger partial charge in [0.05, 0.1) is 5.02 Å². The first kappa shape index (κ1) is 17.9. The van der Waals surface area contributed by atoms with Crippen LogP contribution in [-0.2, 0) is 0 Å². The molecule has 0 saturated carbocycles. The minimum atomic E-state index is -0.215. The van der Waals surface area contributed by atoms with Gasteiger partial charge in [0.1, 0.15) is 5.82 Å². The summed E-state index contributed by atoms with van der Waals surface area (Å²) in [5, 5.41) is 3.92. The Morgan fingerprint density at radius 1 is 1.35 bits per heavy atom. The Hall–Kier alpha value is -0.120. The highest BCUT2D eigenvalue weighted by Crippen LogP contribution is 2.36. The Labute approximate surface area is 135 Å². The normalized spacial score (nSPS) is 15.2. The third kappa shape index (κ3) is 4.71. The van der Waals surface area contributed by atoms with E-state index in [0.717, 1.165) is 13.0 Å². The van der Waals surface area contributed by atoms with Crippen molar-refractivity contribution >= 4 is 27.5 Å². The van der Waals surface area contributed by atoms with Crippen LogP contribution in [0, 0.1) is 17.2 Å². The average Bonchev–Trinajstić information content (AvgIpc) is 2.32. The highest BCUT2D eigenvalue weighted by Gasteiger charge is 2.26. The van der Waals surface area contributed by atoms with E-state index in [-0.39, 0.29) is 17.3 Å². The molecule has 1 aromatic carbocycles. The fourth-order valence-electron chi connectivity index (χ4n) is 2.08. The third-order valence-corrected chi connectivity index (χ3v) is 5.13. The lowest BCUT2D eigenvalue weighted by molar-refractivity contribution is 0.222. The van der Waals surface area contributed by atoms with Gasteiger partial charge < -0.3 is 5.32 Å². The molecule has 0 aliphatic carbocycles. The van der Waals surface area contributed by atoms with E-state index < -0.39 is 0 Å². The maximum absolute atomic E-state index is 14.2. The second-order valence-corrected chi connectivity index (χ2v) is 7.66. The zero-order chi connectivity index (χ0) is 15.5. The van der Waals surface area contributed by atoms with E-state index >= 15 is 0 Å². The Morgan fingerprint density at radius 2 is 1.95 bits per heavy atom. The zero-order valence-corrected chi connectivity index (χ0v) is 15.2. The molecular formula is C16H24BrClFN. The number of rotatable bonds is 5. The van der Waals surface area contributed by atoms with Crippen LogP contribution in [0.3, 0.4) is 0 Å². The predicted octanol–water partition coefficient (Wildman–Crippen LogP) is 5.96. The topological polar surface area (TPSA) is 12.0 Å². The van der Waals surface area contributed by atoms with Gasteiger partial charge in [-0.1, -0.05) is 46.2 Å². The second-order valence-electron chi connectivity index (χ2n) is 6.40. The number of benzene rings is 1. The van der Waals surface area contributed by atoms with Crippen LogP contribution in [0.15, 0.2) is 16.6 Å². The van der Waals surface area contributed by atoms with E-state index in [4.69, 9.17) is 11.6 Å². The van der Waals surface area contributed by atoms with E-state index in [2.05, 4.69) is 48.9 Å². The monoisotopic (exact) mass is 363 g/mol. The predicted molar refractivity (Wildman–Crippen MR) is 88.8 cm³/mol. The molecule has 0 aromatic heterocycles. The Morgan fingerprint density at radius 3 is 2.45 bits per heavy atom. The summed E-state index contributed by atoms with van der Waals surface area (Å²) in [4.78, 5) is 0. The average molecular weight is 365 g/mol. The molecule has 0 saturated heterocycles. The molecule has 1 rings (SSSR count). The van der Waals surface area contributed by atoms with Crippen LogP contribution in [0.2, 0.25) is 5.02 Å². The van der Waals surface area contributed by atoms with E-state index in [1.165, 1.54) is 6.07 Å². The van der Waals surface area contributed by atoms with Crippen molar-refractivity contribution in [2.24, 2.45) is 11.3 Å². The number of hydrogen-bond acceptors (Lipinski definition) is 1. The van der Waals surface area contributed by atoms with Crippen LogP contribution >= 0.6 is 27.5 Å². The summed E-state index contributed by atoms with van der Waals surface area (Å²) in [6, 6.07) is 3.16. The van der Waals surface area contributed by atoms with Gasteiger partial charge in [-0.2, -0.15) is 0 Å². The van der Waals surface area contributed by atoms with Gasteiger partial charge in [-0.25, -0.2) is 4.39 Å². The van der Waals surface area contributed by atoms with Gasteiger partial charge in [0.25, 0.3) is 0 Å². The molecule has 114 valence electrons. The van der Waals surface area contributed by atoms with Gasteiger partial charge in [0.15, 0.2) is 0 Å². The molecule has 1 aromatic rings. The number of hydrogen-bond donors (Lipinski definition) is 1. The molecule has 0 bridgehead atoms. The minimum absolute atomic E-state index is 0.0141. The van der Waals surface area contributed by atoms with E-state index in [1.807, 2.05) is 6.92 Å². The third-order valence-electron chi connectivity index (χ3n) is 3.93. The van der Waals surface area contributed by atoms with E-state index in [9.17, 15) is 4.39 Å². The summed E-state index contributed by atoms with van der Waals surface area (Å²) < 4.78 is 14.8. The van der Waals surface area contributed by atoms with Crippen molar-refractivity contribution in [3.63, 3.8) is 0 Å². The van der Waals surface area contributed by atoms with Crippen molar-refractivity contribution in [2.45, 2.75) is 47.1 Å². The molecule has 0 aliphatic heterocycles. The van der Waals surface area contributed by atoms with Gasteiger partial charge in [-0.05, 0) is 52.4 Å². The summed E-state index contributed by atoms with van der Waals surface area (Å²) in [5.41, 5.74) is 0.847. The van der Waals surface area contributed by atoms with Crippen molar-refractivity contribution in [1.82, 2.24) is 5.32 Å². The molecule has 1 nitrogen and oxygen atoms in total. The van der Waals surface area contributed by atoms with E-state index in [1.54, 1.807) is 6.07 Å². The fourth-order valence-corrected chi connectivity index (χ4v) is 2.57. The molecule has 4 heteroatoms. The highest BCUT2D eigenvalue weighted by atomic mass is 79.9. The molecule has 2 unspecified atom stereocenters. The van der Waals surface area contributed by atoms with Gasteiger partial charge >= 0.3 is 0 Å². The van der Waals surface area contributed by atoms with Crippen molar-refractivity contribution in [2.75, 3.05) is 6.54 Å². The molecular weight excluding hydrogens is 341 g/mol. The van der Waals surface area contributed by atoms with Gasteiger partial charge in [-0.15, -0.1) is 0 Å². The van der Waals surface area contributed by atoms with Crippen molar-refractivity contribution in [3.05, 3.63) is 33.0 Å². The lowest BCUT2D eigenvalue weighted by Gasteiger charge is -2.31. The fraction of sp³-hybridized carbons (Fsp3) is 0.625. The zero-order valence-electron chi connectivity index (χ0n) is 12.9. The highest BCUT2D eigenvalue weighted by molar-refractivity contribution is 9.10. The van der Waals surface area contributed by atoms with Crippen LogP contribution < -0.4 is 5.32 Å². The maximum Gasteiger partial charge on any atom is 0.129 e.